The summed E-state index contributed by atoms with van der Waals surface area (Å²) in [6.07, 6.45) is 2.05. The van der Waals surface area contributed by atoms with E-state index >= 15 is 0 Å². The van der Waals surface area contributed by atoms with E-state index in [2.05, 4.69) is 16.0 Å². The zero-order chi connectivity index (χ0) is 21.6. The molecular formula is C24H30N4O3. The number of para-hydroxylation sites is 1. The Morgan fingerprint density at radius 2 is 1.74 bits per heavy atom. The lowest BCUT2D eigenvalue weighted by Crippen LogP contribution is -2.47. The molecule has 1 aromatic heterocycles. The quantitative estimate of drug-likeness (QED) is 0.573. The molecule has 1 aliphatic rings. The van der Waals surface area contributed by atoms with E-state index < -0.39 is 0 Å². The summed E-state index contributed by atoms with van der Waals surface area (Å²) in [5.41, 5.74) is 7.64. The van der Waals surface area contributed by atoms with Gasteiger partial charge in [-0.15, -0.1) is 0 Å². The zero-order valence-electron chi connectivity index (χ0n) is 18.0. The second-order valence-corrected chi connectivity index (χ2v) is 7.91. The number of piperazine rings is 1. The minimum Gasteiger partial charge on any atom is -0.497 e. The minimum absolute atomic E-state index is 0.179. The molecule has 0 bridgehead atoms. The van der Waals surface area contributed by atoms with Crippen molar-refractivity contribution in [2.75, 3.05) is 46.4 Å². The zero-order valence-corrected chi connectivity index (χ0v) is 18.0. The van der Waals surface area contributed by atoms with E-state index in [-0.39, 0.29) is 12.5 Å². The van der Waals surface area contributed by atoms with Gasteiger partial charge in [-0.2, -0.15) is 0 Å². The Morgan fingerprint density at radius 3 is 2.45 bits per heavy atom. The predicted molar refractivity (Wildman–Crippen MR) is 121 cm³/mol. The normalized spacial score (nSPS) is 15.3. The highest BCUT2D eigenvalue weighted by molar-refractivity contribution is 5.87. The second kappa shape index (κ2) is 9.85. The largest absolute Gasteiger partial charge is 0.497 e. The third-order valence-corrected chi connectivity index (χ3v) is 5.78. The van der Waals surface area contributed by atoms with Crippen molar-refractivity contribution in [2.24, 2.45) is 5.73 Å². The summed E-state index contributed by atoms with van der Waals surface area (Å²) < 4.78 is 13.2. The Hall–Kier alpha value is -3.03. The van der Waals surface area contributed by atoms with Gasteiger partial charge in [0.15, 0.2) is 0 Å². The van der Waals surface area contributed by atoms with Crippen molar-refractivity contribution in [1.82, 2.24) is 14.4 Å². The summed E-state index contributed by atoms with van der Waals surface area (Å²) in [5.74, 6) is 1.39. The first kappa shape index (κ1) is 21.2. The van der Waals surface area contributed by atoms with Crippen LogP contribution in [0.4, 0.5) is 0 Å². The lowest BCUT2D eigenvalue weighted by molar-refractivity contribution is -0.118. The van der Waals surface area contributed by atoms with E-state index in [1.807, 2.05) is 53.1 Å². The number of hydrogen-bond acceptors (Lipinski definition) is 5. The molecule has 4 rings (SSSR count). The first-order valence-electron chi connectivity index (χ1n) is 10.7. The first-order valence-corrected chi connectivity index (χ1v) is 10.7. The van der Waals surface area contributed by atoms with Crippen molar-refractivity contribution in [1.29, 1.82) is 0 Å². The molecule has 0 saturated carbocycles. The van der Waals surface area contributed by atoms with Crippen molar-refractivity contribution < 1.29 is 14.3 Å². The molecule has 31 heavy (non-hydrogen) atoms. The molecule has 1 saturated heterocycles. The van der Waals surface area contributed by atoms with Gasteiger partial charge >= 0.3 is 0 Å². The minimum atomic E-state index is -0.342. The molecule has 3 aromatic rings. The third kappa shape index (κ3) is 5.37. The third-order valence-electron chi connectivity index (χ3n) is 5.78. The summed E-state index contributed by atoms with van der Waals surface area (Å²) in [7, 11) is 1.67. The Labute approximate surface area is 182 Å². The summed E-state index contributed by atoms with van der Waals surface area (Å²) >= 11 is 0. The molecular weight excluding hydrogens is 392 g/mol. The summed E-state index contributed by atoms with van der Waals surface area (Å²) in [6.45, 7) is 6.67. The maximum Gasteiger partial charge on any atom is 0.237 e. The van der Waals surface area contributed by atoms with Crippen LogP contribution in [0.2, 0.25) is 0 Å². The fraction of sp³-hybridized carbons (Fsp3) is 0.375. The number of nitrogens with two attached hydrogens (primary N) is 1. The van der Waals surface area contributed by atoms with Gasteiger partial charge in [0.05, 0.1) is 7.11 Å². The maximum atomic E-state index is 11.5. The highest BCUT2D eigenvalue weighted by atomic mass is 16.5. The van der Waals surface area contributed by atoms with E-state index in [4.69, 9.17) is 15.2 Å². The van der Waals surface area contributed by atoms with Crippen LogP contribution in [0.1, 0.15) is 5.56 Å². The number of carbonyl (C=O) groups is 1. The molecule has 2 heterocycles. The Balaban J connectivity index is 1.35. The SMILES string of the molecule is COc1ccc2c(c1)c(CN1CCN(CCOc3ccccc3)CC1)cn2CC(N)=O. The average molecular weight is 423 g/mol. The summed E-state index contributed by atoms with van der Waals surface area (Å²) in [4.78, 5) is 16.4. The first-order chi connectivity index (χ1) is 15.1. The molecule has 164 valence electrons. The van der Waals surface area contributed by atoms with Gasteiger partial charge in [0.2, 0.25) is 5.91 Å². The predicted octanol–water partition coefficient (Wildman–Crippen LogP) is 2.33. The van der Waals surface area contributed by atoms with Crippen LogP contribution in [-0.4, -0.2) is 66.7 Å². The molecule has 2 aromatic carbocycles. The fourth-order valence-corrected chi connectivity index (χ4v) is 4.12. The van der Waals surface area contributed by atoms with Crippen LogP contribution in [0.15, 0.2) is 54.7 Å². The molecule has 0 radical (unpaired) electrons. The smallest absolute Gasteiger partial charge is 0.237 e. The Kier molecular flexibility index (Phi) is 6.74. The molecule has 1 aliphatic heterocycles. The molecule has 0 spiro atoms. The van der Waals surface area contributed by atoms with Gasteiger partial charge in [-0.3, -0.25) is 14.6 Å². The standard InChI is InChI=1S/C24H30N4O3/c1-30-21-7-8-23-22(15-21)19(17-28(23)18-24(25)29)16-27-11-9-26(10-12-27)13-14-31-20-5-3-2-4-6-20/h2-8,15,17H,9-14,16,18H2,1H3,(H2,25,29). The van der Waals surface area contributed by atoms with Gasteiger partial charge in [0, 0.05) is 56.4 Å². The molecule has 2 N–H and O–H groups in total. The molecule has 1 fully saturated rings. The van der Waals surface area contributed by atoms with Crippen LogP contribution in [0.3, 0.4) is 0 Å². The Bertz CT molecular complexity index is 1010. The lowest BCUT2D eigenvalue weighted by Gasteiger charge is -2.34. The highest BCUT2D eigenvalue weighted by Crippen LogP contribution is 2.27. The van der Waals surface area contributed by atoms with Gasteiger partial charge in [0.25, 0.3) is 0 Å². The van der Waals surface area contributed by atoms with Gasteiger partial charge < -0.3 is 19.8 Å². The number of carbonyl (C=O) groups excluding carboxylic acids is 1. The maximum absolute atomic E-state index is 11.5. The lowest BCUT2D eigenvalue weighted by atomic mass is 10.1. The molecule has 7 heteroatoms. The van der Waals surface area contributed by atoms with E-state index in [9.17, 15) is 4.79 Å². The summed E-state index contributed by atoms with van der Waals surface area (Å²) in [5, 5.41) is 1.11. The number of primary amides is 1. The van der Waals surface area contributed by atoms with Crippen LogP contribution in [0.25, 0.3) is 10.9 Å². The van der Waals surface area contributed by atoms with E-state index in [0.29, 0.717) is 6.61 Å². The summed E-state index contributed by atoms with van der Waals surface area (Å²) in [6, 6.07) is 15.9. The number of amides is 1. The van der Waals surface area contributed by atoms with Crippen molar-refractivity contribution in [3.8, 4) is 11.5 Å². The Morgan fingerprint density at radius 1 is 1.00 bits per heavy atom. The molecule has 7 nitrogen and oxygen atoms in total. The highest BCUT2D eigenvalue weighted by Gasteiger charge is 2.19. The number of fused-ring (bicyclic) bond motifs is 1. The molecule has 0 atom stereocenters. The number of nitrogens with zero attached hydrogens (tertiary/aromatic N) is 3. The van der Waals surface area contributed by atoms with Gasteiger partial charge in [-0.1, -0.05) is 18.2 Å². The van der Waals surface area contributed by atoms with Crippen molar-refractivity contribution >= 4 is 16.8 Å². The van der Waals surface area contributed by atoms with Gasteiger partial charge in [-0.25, -0.2) is 0 Å². The number of hydrogen-bond donors (Lipinski definition) is 1. The van der Waals surface area contributed by atoms with Crippen molar-refractivity contribution in [3.63, 3.8) is 0 Å². The monoisotopic (exact) mass is 422 g/mol. The van der Waals surface area contributed by atoms with Crippen LogP contribution >= 0.6 is 0 Å². The topological polar surface area (TPSA) is 73.0 Å². The van der Waals surface area contributed by atoms with Crippen molar-refractivity contribution in [2.45, 2.75) is 13.1 Å². The van der Waals surface area contributed by atoms with E-state index in [1.54, 1.807) is 7.11 Å². The fourth-order valence-electron chi connectivity index (χ4n) is 4.12. The number of ether oxygens (including phenoxy) is 2. The van der Waals surface area contributed by atoms with E-state index in [0.717, 1.165) is 61.7 Å². The second-order valence-electron chi connectivity index (χ2n) is 7.91. The number of rotatable bonds is 9. The van der Waals surface area contributed by atoms with Gasteiger partial charge in [0.1, 0.15) is 24.7 Å². The number of methoxy groups -OCH3 is 1. The van der Waals surface area contributed by atoms with Crippen LogP contribution in [0.5, 0.6) is 11.5 Å². The van der Waals surface area contributed by atoms with Crippen molar-refractivity contribution in [3.05, 3.63) is 60.3 Å². The van der Waals surface area contributed by atoms with E-state index in [1.165, 1.54) is 5.56 Å². The van der Waals surface area contributed by atoms with Crippen LogP contribution in [0, 0.1) is 0 Å². The van der Waals surface area contributed by atoms with Crippen LogP contribution < -0.4 is 15.2 Å². The van der Waals surface area contributed by atoms with Crippen LogP contribution in [-0.2, 0) is 17.9 Å². The van der Waals surface area contributed by atoms with Gasteiger partial charge in [-0.05, 0) is 35.9 Å². The average Bonchev–Trinajstić information content (AvgIpc) is 3.11. The molecule has 1 amide bonds. The number of aromatic nitrogens is 1. The number of benzene rings is 2. The molecule has 0 unspecified atom stereocenters. The molecule has 0 aliphatic carbocycles.